The summed E-state index contributed by atoms with van der Waals surface area (Å²) < 4.78 is 1.19. The topological polar surface area (TPSA) is 12.9 Å². The summed E-state index contributed by atoms with van der Waals surface area (Å²) in [6.45, 7) is 4.29. The lowest BCUT2D eigenvalue weighted by Crippen LogP contribution is -1.95. The first-order valence-electron chi connectivity index (χ1n) is 3.91. The molecule has 11 heavy (non-hydrogen) atoms. The van der Waals surface area contributed by atoms with E-state index < -0.39 is 0 Å². The maximum absolute atomic E-state index is 4.30. The summed E-state index contributed by atoms with van der Waals surface area (Å²) >= 11 is 3.51. The lowest BCUT2D eigenvalue weighted by atomic mass is 10.1. The van der Waals surface area contributed by atoms with Crippen LogP contribution in [-0.4, -0.2) is 4.98 Å². The molecule has 0 atom stereocenters. The predicted octanol–water partition coefficient (Wildman–Crippen LogP) is 2.97. The van der Waals surface area contributed by atoms with Crippen molar-refractivity contribution in [2.24, 2.45) is 0 Å². The van der Waals surface area contributed by atoms with E-state index in [-0.39, 0.29) is 0 Å². The SMILES string of the molecule is CCc1nccc(Br)c1CC. The molecule has 1 aromatic rings. The van der Waals surface area contributed by atoms with Gasteiger partial charge in [-0.05, 0) is 24.5 Å². The van der Waals surface area contributed by atoms with Gasteiger partial charge in [0.2, 0.25) is 0 Å². The molecule has 0 aliphatic rings. The van der Waals surface area contributed by atoms with E-state index in [2.05, 4.69) is 34.8 Å². The zero-order chi connectivity index (χ0) is 8.27. The number of pyridine rings is 1. The van der Waals surface area contributed by atoms with Crippen molar-refractivity contribution in [2.45, 2.75) is 26.7 Å². The third-order valence-electron chi connectivity index (χ3n) is 1.78. The molecule has 0 saturated carbocycles. The Morgan fingerprint density at radius 3 is 2.55 bits per heavy atom. The van der Waals surface area contributed by atoms with Crippen LogP contribution in [-0.2, 0) is 12.8 Å². The van der Waals surface area contributed by atoms with Crippen molar-refractivity contribution < 1.29 is 0 Å². The largest absolute Gasteiger partial charge is 0.261 e. The molecular weight excluding hydrogens is 202 g/mol. The first-order valence-corrected chi connectivity index (χ1v) is 4.71. The van der Waals surface area contributed by atoms with Gasteiger partial charge in [-0.2, -0.15) is 0 Å². The molecule has 0 unspecified atom stereocenters. The van der Waals surface area contributed by atoms with Crippen molar-refractivity contribution in [3.8, 4) is 0 Å². The van der Waals surface area contributed by atoms with Crippen molar-refractivity contribution in [1.29, 1.82) is 0 Å². The highest BCUT2D eigenvalue weighted by Gasteiger charge is 2.02. The van der Waals surface area contributed by atoms with E-state index in [0.717, 1.165) is 12.8 Å². The van der Waals surface area contributed by atoms with Crippen LogP contribution in [0.25, 0.3) is 0 Å². The van der Waals surface area contributed by atoms with E-state index in [1.54, 1.807) is 0 Å². The summed E-state index contributed by atoms with van der Waals surface area (Å²) in [7, 11) is 0. The Hall–Kier alpha value is -0.370. The second-order valence-corrected chi connectivity index (χ2v) is 3.28. The van der Waals surface area contributed by atoms with Crippen molar-refractivity contribution in [3.63, 3.8) is 0 Å². The van der Waals surface area contributed by atoms with E-state index >= 15 is 0 Å². The molecule has 0 radical (unpaired) electrons. The van der Waals surface area contributed by atoms with Crippen LogP contribution in [0.2, 0.25) is 0 Å². The Labute approximate surface area is 76.0 Å². The minimum absolute atomic E-state index is 1.02. The van der Waals surface area contributed by atoms with Gasteiger partial charge < -0.3 is 0 Å². The van der Waals surface area contributed by atoms with Gasteiger partial charge in [0.15, 0.2) is 0 Å². The van der Waals surface area contributed by atoms with Crippen molar-refractivity contribution in [2.75, 3.05) is 0 Å². The van der Waals surface area contributed by atoms with E-state index in [9.17, 15) is 0 Å². The Balaban J connectivity index is 3.13. The second kappa shape index (κ2) is 3.86. The van der Waals surface area contributed by atoms with Crippen molar-refractivity contribution in [1.82, 2.24) is 4.98 Å². The zero-order valence-corrected chi connectivity index (χ0v) is 8.48. The Morgan fingerprint density at radius 1 is 1.36 bits per heavy atom. The fraction of sp³-hybridized carbons (Fsp3) is 0.444. The van der Waals surface area contributed by atoms with Crippen LogP contribution in [0.1, 0.15) is 25.1 Å². The molecule has 0 saturated heterocycles. The fourth-order valence-corrected chi connectivity index (χ4v) is 1.81. The third kappa shape index (κ3) is 1.80. The Kier molecular flexibility index (Phi) is 3.06. The average Bonchev–Trinajstić information content (AvgIpc) is 2.04. The number of hydrogen-bond donors (Lipinski definition) is 0. The number of nitrogens with zero attached hydrogens (tertiary/aromatic N) is 1. The minimum atomic E-state index is 1.02. The molecule has 0 spiro atoms. The maximum atomic E-state index is 4.30. The standard InChI is InChI=1S/C9H12BrN/c1-3-7-8(10)5-6-11-9(7)4-2/h5-6H,3-4H2,1-2H3. The van der Waals surface area contributed by atoms with E-state index in [1.807, 2.05) is 12.3 Å². The summed E-state index contributed by atoms with van der Waals surface area (Å²) in [6.07, 6.45) is 3.92. The van der Waals surface area contributed by atoms with Gasteiger partial charge in [-0.3, -0.25) is 4.98 Å². The maximum Gasteiger partial charge on any atom is 0.0443 e. The van der Waals surface area contributed by atoms with Gasteiger partial charge in [0.05, 0.1) is 0 Å². The highest BCUT2D eigenvalue weighted by atomic mass is 79.9. The molecule has 1 aromatic heterocycles. The number of hydrogen-bond acceptors (Lipinski definition) is 1. The Bertz CT molecular complexity index is 245. The Morgan fingerprint density at radius 2 is 2.09 bits per heavy atom. The summed E-state index contributed by atoms with van der Waals surface area (Å²) in [5.41, 5.74) is 2.55. The lowest BCUT2D eigenvalue weighted by Gasteiger charge is -2.05. The molecule has 1 heterocycles. The number of halogens is 1. The van der Waals surface area contributed by atoms with Gasteiger partial charge in [0.1, 0.15) is 0 Å². The quantitative estimate of drug-likeness (QED) is 0.737. The molecule has 0 amide bonds. The summed E-state index contributed by atoms with van der Waals surface area (Å²) in [5, 5.41) is 0. The summed E-state index contributed by atoms with van der Waals surface area (Å²) in [6, 6.07) is 2.00. The highest BCUT2D eigenvalue weighted by Crippen LogP contribution is 2.19. The molecule has 0 fully saturated rings. The van der Waals surface area contributed by atoms with Gasteiger partial charge in [0.25, 0.3) is 0 Å². The molecular formula is C9H12BrN. The zero-order valence-electron chi connectivity index (χ0n) is 6.89. The van der Waals surface area contributed by atoms with Crippen LogP contribution in [0.3, 0.4) is 0 Å². The highest BCUT2D eigenvalue weighted by molar-refractivity contribution is 9.10. The molecule has 0 bridgehead atoms. The number of aryl methyl sites for hydroxylation is 1. The normalized spacial score (nSPS) is 10.1. The molecule has 1 rings (SSSR count). The molecule has 0 aliphatic heterocycles. The second-order valence-electron chi connectivity index (χ2n) is 2.43. The fourth-order valence-electron chi connectivity index (χ4n) is 1.19. The molecule has 60 valence electrons. The molecule has 2 heteroatoms. The van der Waals surface area contributed by atoms with Crippen LogP contribution < -0.4 is 0 Å². The van der Waals surface area contributed by atoms with Gasteiger partial charge in [-0.1, -0.05) is 29.8 Å². The van der Waals surface area contributed by atoms with Gasteiger partial charge in [-0.25, -0.2) is 0 Å². The van der Waals surface area contributed by atoms with Crippen LogP contribution in [0.15, 0.2) is 16.7 Å². The smallest absolute Gasteiger partial charge is 0.0443 e. The summed E-state index contributed by atoms with van der Waals surface area (Å²) in [4.78, 5) is 4.30. The van der Waals surface area contributed by atoms with E-state index in [4.69, 9.17) is 0 Å². The number of aromatic nitrogens is 1. The molecule has 0 aromatic carbocycles. The van der Waals surface area contributed by atoms with E-state index in [1.165, 1.54) is 15.7 Å². The lowest BCUT2D eigenvalue weighted by molar-refractivity contribution is 0.956. The molecule has 1 nitrogen and oxygen atoms in total. The van der Waals surface area contributed by atoms with Crippen LogP contribution in [0.5, 0.6) is 0 Å². The van der Waals surface area contributed by atoms with Crippen LogP contribution in [0.4, 0.5) is 0 Å². The molecule has 0 N–H and O–H groups in total. The number of rotatable bonds is 2. The van der Waals surface area contributed by atoms with Gasteiger partial charge in [0, 0.05) is 16.4 Å². The van der Waals surface area contributed by atoms with Crippen LogP contribution >= 0.6 is 15.9 Å². The van der Waals surface area contributed by atoms with Crippen molar-refractivity contribution >= 4 is 15.9 Å². The minimum Gasteiger partial charge on any atom is -0.261 e. The predicted molar refractivity (Wildman–Crippen MR) is 50.7 cm³/mol. The van der Waals surface area contributed by atoms with Gasteiger partial charge >= 0.3 is 0 Å². The monoisotopic (exact) mass is 213 g/mol. The van der Waals surface area contributed by atoms with Crippen molar-refractivity contribution in [3.05, 3.63) is 28.0 Å². The van der Waals surface area contributed by atoms with Crippen LogP contribution in [0, 0.1) is 0 Å². The first-order chi connectivity index (χ1) is 5.29. The average molecular weight is 214 g/mol. The van der Waals surface area contributed by atoms with E-state index in [0.29, 0.717) is 0 Å². The summed E-state index contributed by atoms with van der Waals surface area (Å²) in [5.74, 6) is 0. The van der Waals surface area contributed by atoms with Gasteiger partial charge in [-0.15, -0.1) is 0 Å². The first kappa shape index (κ1) is 8.72. The molecule has 0 aliphatic carbocycles. The third-order valence-corrected chi connectivity index (χ3v) is 2.52.